The summed E-state index contributed by atoms with van der Waals surface area (Å²) < 4.78 is 14.8. The van der Waals surface area contributed by atoms with Gasteiger partial charge in [-0.2, -0.15) is 0 Å². The number of carbonyl (C=O) groups excluding carboxylic acids is 2. The fourth-order valence-electron chi connectivity index (χ4n) is 2.95. The number of likely N-dealkylation sites (tertiary alicyclic amines) is 1. The van der Waals surface area contributed by atoms with Crippen molar-refractivity contribution in [3.8, 4) is 0 Å². The van der Waals surface area contributed by atoms with Gasteiger partial charge >= 0.3 is 0 Å². The second kappa shape index (κ2) is 8.18. The van der Waals surface area contributed by atoms with Crippen molar-refractivity contribution >= 4 is 45.0 Å². The van der Waals surface area contributed by atoms with E-state index in [9.17, 15) is 14.0 Å². The van der Waals surface area contributed by atoms with Crippen molar-refractivity contribution in [2.24, 2.45) is 5.92 Å². The van der Waals surface area contributed by atoms with Gasteiger partial charge in [-0.15, -0.1) is 0 Å². The topological polar surface area (TPSA) is 49.4 Å². The lowest BCUT2D eigenvalue weighted by Crippen LogP contribution is -2.41. The van der Waals surface area contributed by atoms with Gasteiger partial charge in [0.25, 0.3) is 5.91 Å². The van der Waals surface area contributed by atoms with Crippen LogP contribution in [0.15, 0.2) is 46.9 Å². The van der Waals surface area contributed by atoms with Gasteiger partial charge in [0.2, 0.25) is 5.91 Å². The molecule has 3 rings (SSSR count). The lowest BCUT2D eigenvalue weighted by Gasteiger charge is -2.31. The summed E-state index contributed by atoms with van der Waals surface area (Å²) in [5, 5.41) is 2.57. The zero-order valence-corrected chi connectivity index (χ0v) is 16.2. The fraction of sp³-hybridized carbons (Fsp3) is 0.263. The molecule has 2 amide bonds. The van der Waals surface area contributed by atoms with E-state index in [-0.39, 0.29) is 28.4 Å². The molecule has 136 valence electrons. The summed E-state index contributed by atoms with van der Waals surface area (Å²) in [6.45, 7) is 0.982. The number of nitrogens with zero attached hydrogens (tertiary/aromatic N) is 1. The Bertz CT molecular complexity index is 821. The molecule has 0 radical (unpaired) electrons. The van der Waals surface area contributed by atoms with Crippen LogP contribution in [0.4, 0.5) is 10.1 Å². The Kier molecular flexibility index (Phi) is 5.94. The molecule has 0 unspecified atom stereocenters. The Hall–Kier alpha value is -1.92. The van der Waals surface area contributed by atoms with Crippen LogP contribution in [-0.4, -0.2) is 29.8 Å². The summed E-state index contributed by atoms with van der Waals surface area (Å²) in [7, 11) is 0. The SMILES string of the molecule is O=C(Nc1cccc(Cl)c1F)C1CCN(C(=O)c2ccc(Br)cc2)CC1. The van der Waals surface area contributed by atoms with Gasteiger partial charge < -0.3 is 10.2 Å². The van der Waals surface area contributed by atoms with Gasteiger partial charge in [-0.3, -0.25) is 9.59 Å². The molecule has 0 saturated carbocycles. The monoisotopic (exact) mass is 438 g/mol. The van der Waals surface area contributed by atoms with Crippen LogP contribution in [0.2, 0.25) is 5.02 Å². The van der Waals surface area contributed by atoms with E-state index in [0.29, 0.717) is 31.5 Å². The molecule has 0 aliphatic carbocycles. The van der Waals surface area contributed by atoms with Gasteiger partial charge in [-0.05, 0) is 49.2 Å². The van der Waals surface area contributed by atoms with Crippen LogP contribution in [-0.2, 0) is 4.79 Å². The maximum Gasteiger partial charge on any atom is 0.253 e. The van der Waals surface area contributed by atoms with Crippen LogP contribution in [0.5, 0.6) is 0 Å². The summed E-state index contributed by atoms with van der Waals surface area (Å²) in [6, 6.07) is 11.7. The van der Waals surface area contributed by atoms with E-state index >= 15 is 0 Å². The van der Waals surface area contributed by atoms with Crippen LogP contribution in [0.1, 0.15) is 23.2 Å². The lowest BCUT2D eigenvalue weighted by atomic mass is 9.95. The van der Waals surface area contributed by atoms with Crippen molar-refractivity contribution in [1.82, 2.24) is 4.90 Å². The minimum Gasteiger partial charge on any atom is -0.339 e. The van der Waals surface area contributed by atoms with Crippen molar-refractivity contribution in [1.29, 1.82) is 0 Å². The fourth-order valence-corrected chi connectivity index (χ4v) is 3.39. The Morgan fingerprint density at radius 1 is 1.12 bits per heavy atom. The number of amides is 2. The molecule has 1 heterocycles. The molecule has 0 bridgehead atoms. The van der Waals surface area contributed by atoms with Crippen LogP contribution in [0.25, 0.3) is 0 Å². The molecule has 1 fully saturated rings. The summed E-state index contributed by atoms with van der Waals surface area (Å²) in [4.78, 5) is 26.6. The second-order valence-corrected chi connectivity index (χ2v) is 7.49. The molecule has 0 atom stereocenters. The maximum atomic E-state index is 13.9. The Morgan fingerprint density at radius 3 is 2.42 bits per heavy atom. The third-order valence-corrected chi connectivity index (χ3v) is 5.27. The van der Waals surface area contributed by atoms with Gasteiger partial charge in [-0.1, -0.05) is 33.6 Å². The summed E-state index contributed by atoms with van der Waals surface area (Å²) in [6.07, 6.45) is 1.08. The molecule has 1 saturated heterocycles. The first-order valence-electron chi connectivity index (χ1n) is 8.25. The molecule has 2 aromatic carbocycles. The predicted molar refractivity (Wildman–Crippen MR) is 103 cm³/mol. The van der Waals surface area contributed by atoms with Crippen molar-refractivity contribution < 1.29 is 14.0 Å². The number of benzene rings is 2. The molecular formula is C19H17BrClFN2O2. The third kappa shape index (κ3) is 4.24. The molecule has 4 nitrogen and oxygen atoms in total. The van der Waals surface area contributed by atoms with E-state index in [1.165, 1.54) is 12.1 Å². The summed E-state index contributed by atoms with van der Waals surface area (Å²) >= 11 is 9.08. The summed E-state index contributed by atoms with van der Waals surface area (Å²) in [5.74, 6) is -1.19. The van der Waals surface area contributed by atoms with Crippen LogP contribution in [0.3, 0.4) is 0 Å². The van der Waals surface area contributed by atoms with Gasteiger partial charge in [0, 0.05) is 29.0 Å². The van der Waals surface area contributed by atoms with Gasteiger partial charge in [0.05, 0.1) is 10.7 Å². The number of hydrogen-bond acceptors (Lipinski definition) is 2. The highest BCUT2D eigenvalue weighted by Gasteiger charge is 2.28. The van der Waals surface area contributed by atoms with Crippen LogP contribution < -0.4 is 5.32 Å². The Morgan fingerprint density at radius 2 is 1.77 bits per heavy atom. The molecule has 1 aliphatic heterocycles. The second-order valence-electron chi connectivity index (χ2n) is 6.16. The molecule has 26 heavy (non-hydrogen) atoms. The van der Waals surface area contributed by atoms with Crippen LogP contribution in [0, 0.1) is 11.7 Å². The van der Waals surface area contributed by atoms with E-state index in [1.807, 2.05) is 12.1 Å². The first-order chi connectivity index (χ1) is 12.5. The average Bonchev–Trinajstić information content (AvgIpc) is 2.65. The van der Waals surface area contributed by atoms with E-state index in [1.54, 1.807) is 23.1 Å². The predicted octanol–water partition coefficient (Wildman–Crippen LogP) is 4.73. The lowest BCUT2D eigenvalue weighted by molar-refractivity contribution is -0.121. The molecular weight excluding hydrogens is 423 g/mol. The molecule has 2 aromatic rings. The number of halogens is 3. The number of piperidine rings is 1. The van der Waals surface area contributed by atoms with Crippen molar-refractivity contribution in [2.45, 2.75) is 12.8 Å². The summed E-state index contributed by atoms with van der Waals surface area (Å²) in [5.41, 5.74) is 0.702. The number of hydrogen-bond donors (Lipinski definition) is 1. The standard InChI is InChI=1S/C19H17BrClFN2O2/c20-14-6-4-13(5-7-14)19(26)24-10-8-12(9-11-24)18(25)23-16-3-1-2-15(21)17(16)22/h1-7,12H,8-11H2,(H,23,25). The van der Waals surface area contributed by atoms with Crippen molar-refractivity contribution in [3.63, 3.8) is 0 Å². The largest absolute Gasteiger partial charge is 0.339 e. The van der Waals surface area contributed by atoms with E-state index < -0.39 is 5.82 Å². The van der Waals surface area contributed by atoms with E-state index in [2.05, 4.69) is 21.2 Å². The maximum absolute atomic E-state index is 13.9. The Balaban J connectivity index is 1.57. The minimum absolute atomic E-state index is 0.0299. The highest BCUT2D eigenvalue weighted by Crippen LogP contribution is 2.25. The normalized spacial score (nSPS) is 15.0. The average molecular weight is 440 g/mol. The van der Waals surface area contributed by atoms with Crippen LogP contribution >= 0.6 is 27.5 Å². The first-order valence-corrected chi connectivity index (χ1v) is 9.42. The number of nitrogens with one attached hydrogen (secondary N) is 1. The van der Waals surface area contributed by atoms with Gasteiger partial charge in [-0.25, -0.2) is 4.39 Å². The molecule has 1 aliphatic rings. The Labute approximate surface area is 164 Å². The quantitative estimate of drug-likeness (QED) is 0.751. The first kappa shape index (κ1) is 18.9. The minimum atomic E-state index is -0.634. The van der Waals surface area contributed by atoms with Gasteiger partial charge in [0.15, 0.2) is 5.82 Å². The number of rotatable bonds is 3. The molecule has 1 N–H and O–H groups in total. The van der Waals surface area contributed by atoms with Gasteiger partial charge in [0.1, 0.15) is 0 Å². The third-order valence-electron chi connectivity index (χ3n) is 4.45. The number of anilines is 1. The molecule has 7 heteroatoms. The van der Waals surface area contributed by atoms with E-state index in [4.69, 9.17) is 11.6 Å². The van der Waals surface area contributed by atoms with Crippen molar-refractivity contribution in [3.05, 3.63) is 63.3 Å². The highest BCUT2D eigenvalue weighted by atomic mass is 79.9. The molecule has 0 spiro atoms. The molecule has 0 aromatic heterocycles. The van der Waals surface area contributed by atoms with Crippen molar-refractivity contribution in [2.75, 3.05) is 18.4 Å². The van der Waals surface area contributed by atoms with E-state index in [0.717, 1.165) is 4.47 Å². The zero-order valence-electron chi connectivity index (χ0n) is 13.8. The number of carbonyl (C=O) groups is 2. The zero-order chi connectivity index (χ0) is 18.7. The highest BCUT2D eigenvalue weighted by molar-refractivity contribution is 9.10. The smallest absolute Gasteiger partial charge is 0.253 e.